The third kappa shape index (κ3) is 5.27. The largest absolute Gasteiger partial charge is 0.483 e. The second-order valence-electron chi connectivity index (χ2n) is 6.76. The molecule has 2 aromatic rings. The van der Waals surface area contributed by atoms with Crippen LogP contribution in [0.3, 0.4) is 0 Å². The lowest BCUT2D eigenvalue weighted by Crippen LogP contribution is -2.40. The number of sulfonamides is 1. The molecule has 1 amide bonds. The Kier molecular flexibility index (Phi) is 6.79. The van der Waals surface area contributed by atoms with Crippen LogP contribution in [-0.4, -0.2) is 51.5 Å². The molecule has 1 aliphatic heterocycles. The highest BCUT2D eigenvalue weighted by molar-refractivity contribution is 7.89. The average Bonchev–Trinajstić information content (AvgIpc) is 2.71. The molecule has 0 aliphatic carbocycles. The number of ether oxygens (including phenoxy) is 2. The van der Waals surface area contributed by atoms with Crippen molar-refractivity contribution in [2.75, 3.05) is 38.2 Å². The van der Waals surface area contributed by atoms with E-state index in [1.165, 1.54) is 22.5 Å². The van der Waals surface area contributed by atoms with Crippen LogP contribution in [0.1, 0.15) is 11.1 Å². The van der Waals surface area contributed by atoms with Gasteiger partial charge in [0.05, 0.1) is 28.8 Å². The van der Waals surface area contributed by atoms with Crippen LogP contribution in [0.25, 0.3) is 0 Å². The van der Waals surface area contributed by atoms with Gasteiger partial charge in [0.15, 0.2) is 6.61 Å². The lowest BCUT2D eigenvalue weighted by atomic mass is 10.1. The maximum Gasteiger partial charge on any atom is 0.262 e. The first-order valence-corrected chi connectivity index (χ1v) is 11.0. The van der Waals surface area contributed by atoms with Gasteiger partial charge in [-0.3, -0.25) is 4.79 Å². The summed E-state index contributed by atoms with van der Waals surface area (Å²) >= 11 is 6.16. The van der Waals surface area contributed by atoms with E-state index >= 15 is 0 Å². The van der Waals surface area contributed by atoms with Gasteiger partial charge in [-0.1, -0.05) is 23.7 Å². The van der Waals surface area contributed by atoms with Crippen molar-refractivity contribution in [3.8, 4) is 5.75 Å². The van der Waals surface area contributed by atoms with Crippen molar-refractivity contribution in [1.82, 2.24) is 4.31 Å². The Morgan fingerprint density at radius 1 is 1.17 bits per heavy atom. The summed E-state index contributed by atoms with van der Waals surface area (Å²) < 4.78 is 37.8. The number of anilines is 1. The van der Waals surface area contributed by atoms with E-state index in [9.17, 15) is 13.2 Å². The number of amides is 1. The predicted octanol–water partition coefficient (Wildman–Crippen LogP) is 3.00. The predicted molar refractivity (Wildman–Crippen MR) is 111 cm³/mol. The van der Waals surface area contributed by atoms with Gasteiger partial charge in [0, 0.05) is 13.1 Å². The summed E-state index contributed by atoms with van der Waals surface area (Å²) in [4.78, 5) is 12.4. The zero-order chi connectivity index (χ0) is 21.0. The minimum atomic E-state index is -3.69. The third-order valence-corrected chi connectivity index (χ3v) is 6.75. The number of benzene rings is 2. The standard InChI is InChI=1S/C20H23ClN2O5S/c1-14-3-4-15(2)19(11-14)28-13-20(24)22-18-12-16(5-6-17(18)21)29(25,26)23-7-9-27-10-8-23/h3-6,11-12H,7-10,13H2,1-2H3,(H,22,24). The molecule has 0 unspecified atom stereocenters. The first-order chi connectivity index (χ1) is 13.8. The highest BCUT2D eigenvalue weighted by Crippen LogP contribution is 2.27. The zero-order valence-corrected chi connectivity index (χ0v) is 17.8. The quantitative estimate of drug-likeness (QED) is 0.749. The Labute approximate surface area is 175 Å². The number of carbonyl (C=O) groups is 1. The van der Waals surface area contributed by atoms with Gasteiger partial charge in [-0.15, -0.1) is 0 Å². The molecule has 9 heteroatoms. The van der Waals surface area contributed by atoms with E-state index in [0.29, 0.717) is 19.0 Å². The second kappa shape index (κ2) is 9.13. The van der Waals surface area contributed by atoms with Crippen molar-refractivity contribution < 1.29 is 22.7 Å². The Morgan fingerprint density at radius 3 is 2.62 bits per heavy atom. The maximum atomic E-state index is 12.8. The topological polar surface area (TPSA) is 84.9 Å². The minimum absolute atomic E-state index is 0.0644. The molecule has 3 rings (SSSR count). The van der Waals surface area contributed by atoms with Crippen LogP contribution in [-0.2, 0) is 19.6 Å². The fraction of sp³-hybridized carbons (Fsp3) is 0.350. The van der Waals surface area contributed by atoms with Crippen LogP contribution in [0.5, 0.6) is 5.75 Å². The van der Waals surface area contributed by atoms with E-state index in [0.717, 1.165) is 11.1 Å². The molecule has 7 nitrogen and oxygen atoms in total. The number of halogens is 1. The van der Waals surface area contributed by atoms with E-state index in [2.05, 4.69) is 5.32 Å². The highest BCUT2D eigenvalue weighted by Gasteiger charge is 2.27. The summed E-state index contributed by atoms with van der Waals surface area (Å²) in [6.07, 6.45) is 0. The van der Waals surface area contributed by atoms with Gasteiger partial charge >= 0.3 is 0 Å². The molecule has 0 atom stereocenters. The molecular formula is C20H23ClN2O5S. The normalized spacial score (nSPS) is 15.1. The Morgan fingerprint density at radius 2 is 1.90 bits per heavy atom. The molecule has 1 heterocycles. The van der Waals surface area contributed by atoms with Crippen molar-refractivity contribution in [1.29, 1.82) is 0 Å². The fourth-order valence-corrected chi connectivity index (χ4v) is 4.49. The van der Waals surface area contributed by atoms with Gasteiger partial charge in [0.25, 0.3) is 5.91 Å². The molecule has 0 aromatic heterocycles. The van der Waals surface area contributed by atoms with Crippen LogP contribution in [0, 0.1) is 13.8 Å². The molecule has 0 bridgehead atoms. The minimum Gasteiger partial charge on any atom is -0.483 e. The summed E-state index contributed by atoms with van der Waals surface area (Å²) in [6.45, 7) is 4.89. The van der Waals surface area contributed by atoms with Gasteiger partial charge < -0.3 is 14.8 Å². The zero-order valence-electron chi connectivity index (χ0n) is 16.3. The number of morpholine rings is 1. The smallest absolute Gasteiger partial charge is 0.262 e. The molecule has 1 fully saturated rings. The molecule has 0 saturated carbocycles. The maximum absolute atomic E-state index is 12.8. The third-order valence-electron chi connectivity index (χ3n) is 4.52. The Balaban J connectivity index is 1.71. The van der Waals surface area contributed by atoms with Crippen LogP contribution in [0.15, 0.2) is 41.3 Å². The molecule has 2 aromatic carbocycles. The summed E-state index contributed by atoms with van der Waals surface area (Å²) in [5.74, 6) is 0.184. The molecule has 1 saturated heterocycles. The number of aryl methyl sites for hydroxylation is 2. The number of rotatable bonds is 6. The average molecular weight is 439 g/mol. The number of nitrogens with zero attached hydrogens (tertiary/aromatic N) is 1. The first kappa shape index (κ1) is 21.6. The van der Waals surface area contributed by atoms with Crippen LogP contribution < -0.4 is 10.1 Å². The van der Waals surface area contributed by atoms with Crippen LogP contribution in [0.2, 0.25) is 5.02 Å². The Hall–Kier alpha value is -2.13. The monoisotopic (exact) mass is 438 g/mol. The summed E-state index contributed by atoms with van der Waals surface area (Å²) in [5.41, 5.74) is 2.16. The lowest BCUT2D eigenvalue weighted by Gasteiger charge is -2.26. The van der Waals surface area contributed by atoms with Crippen molar-refractivity contribution in [2.24, 2.45) is 0 Å². The van der Waals surface area contributed by atoms with Gasteiger partial charge in [-0.05, 0) is 49.2 Å². The molecule has 0 radical (unpaired) electrons. The molecule has 156 valence electrons. The van der Waals surface area contributed by atoms with E-state index in [1.54, 1.807) is 0 Å². The van der Waals surface area contributed by atoms with Gasteiger partial charge in [-0.25, -0.2) is 8.42 Å². The van der Waals surface area contributed by atoms with Crippen molar-refractivity contribution in [2.45, 2.75) is 18.7 Å². The van der Waals surface area contributed by atoms with Gasteiger partial charge in [0.1, 0.15) is 5.75 Å². The molecule has 1 N–H and O–H groups in total. The lowest BCUT2D eigenvalue weighted by molar-refractivity contribution is -0.118. The highest BCUT2D eigenvalue weighted by atomic mass is 35.5. The summed E-state index contributed by atoms with van der Waals surface area (Å²) in [6, 6.07) is 9.97. The van der Waals surface area contributed by atoms with E-state index < -0.39 is 15.9 Å². The number of nitrogens with one attached hydrogen (secondary N) is 1. The van der Waals surface area contributed by atoms with Crippen LogP contribution in [0.4, 0.5) is 5.69 Å². The fourth-order valence-electron chi connectivity index (χ4n) is 2.89. The van der Waals surface area contributed by atoms with Crippen molar-refractivity contribution >= 4 is 33.2 Å². The van der Waals surface area contributed by atoms with E-state index in [1.807, 2.05) is 32.0 Å². The summed E-state index contributed by atoms with van der Waals surface area (Å²) in [5, 5.41) is 2.87. The van der Waals surface area contributed by atoms with Gasteiger partial charge in [0.2, 0.25) is 10.0 Å². The van der Waals surface area contributed by atoms with Crippen molar-refractivity contribution in [3.63, 3.8) is 0 Å². The van der Waals surface area contributed by atoms with Crippen molar-refractivity contribution in [3.05, 3.63) is 52.5 Å². The van der Waals surface area contributed by atoms with E-state index in [4.69, 9.17) is 21.1 Å². The SMILES string of the molecule is Cc1ccc(C)c(OCC(=O)Nc2cc(S(=O)(=O)N3CCOCC3)ccc2Cl)c1. The summed E-state index contributed by atoms with van der Waals surface area (Å²) in [7, 11) is -3.69. The molecular weight excluding hydrogens is 416 g/mol. The molecule has 0 spiro atoms. The van der Waals surface area contributed by atoms with Gasteiger partial charge in [-0.2, -0.15) is 4.31 Å². The molecule has 1 aliphatic rings. The van der Waals surface area contributed by atoms with E-state index in [-0.39, 0.29) is 35.3 Å². The number of carbonyl (C=O) groups excluding carboxylic acids is 1. The number of hydrogen-bond acceptors (Lipinski definition) is 5. The first-order valence-electron chi connectivity index (χ1n) is 9.15. The number of hydrogen-bond donors (Lipinski definition) is 1. The Bertz CT molecular complexity index is 1000. The molecule has 29 heavy (non-hydrogen) atoms. The van der Waals surface area contributed by atoms with Crippen LogP contribution >= 0.6 is 11.6 Å². The second-order valence-corrected chi connectivity index (χ2v) is 9.11.